The third-order valence-electron chi connectivity index (χ3n) is 6.75. The summed E-state index contributed by atoms with van der Waals surface area (Å²) >= 11 is 0. The molecule has 3 aromatic heterocycles. The molecule has 1 unspecified atom stereocenters. The number of anilines is 1. The fraction of sp³-hybridized carbons (Fsp3) is 0.214. The van der Waals surface area contributed by atoms with Crippen molar-refractivity contribution < 1.29 is 14.0 Å². The van der Waals surface area contributed by atoms with Crippen LogP contribution in [0.2, 0.25) is 0 Å². The van der Waals surface area contributed by atoms with Gasteiger partial charge in [-0.05, 0) is 61.7 Å². The molecular weight excluding hydrogens is 471 g/mol. The number of hydrogen-bond acceptors (Lipinski definition) is 4. The van der Waals surface area contributed by atoms with Crippen LogP contribution in [0.4, 0.5) is 10.2 Å². The molecule has 2 N–H and O–H groups in total. The molecule has 0 spiro atoms. The number of carbonyl (C=O) groups is 2. The van der Waals surface area contributed by atoms with Gasteiger partial charge in [0, 0.05) is 35.6 Å². The van der Waals surface area contributed by atoms with E-state index in [0.717, 1.165) is 29.3 Å². The zero-order valence-corrected chi connectivity index (χ0v) is 20.4. The van der Waals surface area contributed by atoms with Crippen LogP contribution in [0, 0.1) is 11.7 Å². The number of rotatable bonds is 6. The van der Waals surface area contributed by atoms with Crippen LogP contribution in [0.3, 0.4) is 0 Å². The normalized spacial score (nSPS) is 14.1. The van der Waals surface area contributed by atoms with Crippen molar-refractivity contribution in [1.29, 1.82) is 0 Å². The zero-order valence-electron chi connectivity index (χ0n) is 20.4. The van der Waals surface area contributed by atoms with Gasteiger partial charge in [-0.3, -0.25) is 9.59 Å². The Morgan fingerprint density at radius 2 is 1.92 bits per heavy atom. The van der Waals surface area contributed by atoms with E-state index in [9.17, 15) is 14.0 Å². The SMILES string of the molecule is CC(NC(=O)c1cn(C)c2ccc(-c3ccc4nc(NC(=O)C5CC5)cn4n3)cc12)c1cccc(F)c1. The van der Waals surface area contributed by atoms with Gasteiger partial charge in [0.15, 0.2) is 11.5 Å². The third-order valence-corrected chi connectivity index (χ3v) is 6.75. The molecule has 5 aromatic rings. The molecule has 6 rings (SSSR count). The van der Waals surface area contributed by atoms with Crippen molar-refractivity contribution in [3.05, 3.63) is 83.9 Å². The maximum Gasteiger partial charge on any atom is 0.253 e. The summed E-state index contributed by atoms with van der Waals surface area (Å²) in [7, 11) is 1.89. The van der Waals surface area contributed by atoms with Crippen molar-refractivity contribution in [2.24, 2.45) is 13.0 Å². The topological polar surface area (TPSA) is 93.3 Å². The fourth-order valence-corrected chi connectivity index (χ4v) is 4.54. The molecule has 9 heteroatoms. The molecule has 1 fully saturated rings. The van der Waals surface area contributed by atoms with Gasteiger partial charge in [0.2, 0.25) is 5.91 Å². The molecule has 1 saturated carbocycles. The number of carbonyl (C=O) groups excluding carboxylic acids is 2. The quantitative estimate of drug-likeness (QED) is 0.351. The highest BCUT2D eigenvalue weighted by Crippen LogP contribution is 2.30. The first-order valence-corrected chi connectivity index (χ1v) is 12.2. The second-order valence-corrected chi connectivity index (χ2v) is 9.55. The molecule has 37 heavy (non-hydrogen) atoms. The fourth-order valence-electron chi connectivity index (χ4n) is 4.54. The standard InChI is InChI=1S/C28H25FN6O2/c1-16(18-4-3-5-20(29)12-18)30-28(37)22-14-34(2)24-10-8-19(13-21(22)24)23-9-11-26-31-25(15-35(26)33-23)32-27(36)17-6-7-17/h3-5,8-17H,6-7H2,1-2H3,(H,30,37)(H,32,36). The monoisotopic (exact) mass is 496 g/mol. The second kappa shape index (κ2) is 8.85. The molecule has 2 amide bonds. The van der Waals surface area contributed by atoms with Gasteiger partial charge in [-0.15, -0.1) is 0 Å². The lowest BCUT2D eigenvalue weighted by Crippen LogP contribution is -2.26. The molecule has 3 heterocycles. The Bertz CT molecular complexity index is 1680. The van der Waals surface area contributed by atoms with Crippen LogP contribution < -0.4 is 10.6 Å². The minimum Gasteiger partial charge on any atom is -0.350 e. The Kier molecular flexibility index (Phi) is 5.48. The summed E-state index contributed by atoms with van der Waals surface area (Å²) in [5.74, 6) is -0.0157. The molecule has 1 atom stereocenters. The molecule has 186 valence electrons. The number of fused-ring (bicyclic) bond motifs is 2. The third kappa shape index (κ3) is 4.44. The van der Waals surface area contributed by atoms with Crippen LogP contribution in [0.25, 0.3) is 27.8 Å². The van der Waals surface area contributed by atoms with Crippen LogP contribution >= 0.6 is 0 Å². The van der Waals surface area contributed by atoms with Crippen LogP contribution in [-0.2, 0) is 11.8 Å². The van der Waals surface area contributed by atoms with Gasteiger partial charge in [-0.1, -0.05) is 18.2 Å². The number of aryl methyl sites for hydroxylation is 1. The average Bonchev–Trinajstić information content (AvgIpc) is 3.59. The molecule has 0 aliphatic heterocycles. The first-order valence-electron chi connectivity index (χ1n) is 12.2. The number of nitrogens with one attached hydrogen (secondary N) is 2. The van der Waals surface area contributed by atoms with E-state index in [1.807, 2.05) is 48.9 Å². The Labute approximate surface area is 212 Å². The summed E-state index contributed by atoms with van der Waals surface area (Å²) in [6.07, 6.45) is 5.34. The van der Waals surface area contributed by atoms with E-state index in [1.54, 1.807) is 29.0 Å². The lowest BCUT2D eigenvalue weighted by molar-refractivity contribution is -0.117. The van der Waals surface area contributed by atoms with Crippen LogP contribution in [0.1, 0.15) is 41.7 Å². The van der Waals surface area contributed by atoms with E-state index in [-0.39, 0.29) is 29.6 Å². The van der Waals surface area contributed by atoms with Crippen LogP contribution in [-0.4, -0.2) is 31.0 Å². The lowest BCUT2D eigenvalue weighted by atomic mass is 10.1. The minimum atomic E-state index is -0.360. The Morgan fingerprint density at radius 3 is 2.70 bits per heavy atom. The van der Waals surface area contributed by atoms with Crippen molar-refractivity contribution in [2.45, 2.75) is 25.8 Å². The summed E-state index contributed by atoms with van der Waals surface area (Å²) in [4.78, 5) is 29.7. The van der Waals surface area contributed by atoms with E-state index < -0.39 is 0 Å². The number of benzene rings is 2. The van der Waals surface area contributed by atoms with Crippen molar-refractivity contribution in [1.82, 2.24) is 24.5 Å². The summed E-state index contributed by atoms with van der Waals surface area (Å²) in [5, 5.41) is 11.3. The summed E-state index contributed by atoms with van der Waals surface area (Å²) in [5.41, 5.74) is 4.29. The summed E-state index contributed by atoms with van der Waals surface area (Å²) in [6, 6.07) is 15.4. The summed E-state index contributed by atoms with van der Waals surface area (Å²) in [6.45, 7) is 1.83. The van der Waals surface area contributed by atoms with E-state index in [1.165, 1.54) is 12.1 Å². The maximum atomic E-state index is 13.6. The highest BCUT2D eigenvalue weighted by atomic mass is 19.1. The maximum absolute atomic E-state index is 13.6. The highest BCUT2D eigenvalue weighted by Gasteiger charge is 2.30. The van der Waals surface area contributed by atoms with Gasteiger partial charge < -0.3 is 15.2 Å². The number of halogens is 1. The Balaban J connectivity index is 1.29. The van der Waals surface area contributed by atoms with Crippen molar-refractivity contribution in [3.8, 4) is 11.3 Å². The Morgan fingerprint density at radius 1 is 1.08 bits per heavy atom. The molecule has 1 aliphatic carbocycles. The van der Waals surface area contributed by atoms with Gasteiger partial charge in [0.25, 0.3) is 5.91 Å². The molecule has 8 nitrogen and oxygen atoms in total. The molecule has 2 aromatic carbocycles. The average molecular weight is 497 g/mol. The number of nitrogens with zero attached hydrogens (tertiary/aromatic N) is 4. The predicted molar refractivity (Wildman–Crippen MR) is 139 cm³/mol. The smallest absolute Gasteiger partial charge is 0.253 e. The number of imidazole rings is 1. The molecular formula is C28H25FN6O2. The molecule has 0 saturated heterocycles. The van der Waals surface area contributed by atoms with Crippen molar-refractivity contribution in [3.63, 3.8) is 0 Å². The van der Waals surface area contributed by atoms with E-state index >= 15 is 0 Å². The summed E-state index contributed by atoms with van der Waals surface area (Å²) < 4.78 is 17.2. The van der Waals surface area contributed by atoms with E-state index in [0.29, 0.717) is 28.3 Å². The first kappa shape index (κ1) is 22.9. The lowest BCUT2D eigenvalue weighted by Gasteiger charge is -2.14. The van der Waals surface area contributed by atoms with Gasteiger partial charge >= 0.3 is 0 Å². The van der Waals surface area contributed by atoms with E-state index in [2.05, 4.69) is 20.7 Å². The zero-order chi connectivity index (χ0) is 25.7. The number of hydrogen-bond donors (Lipinski definition) is 2. The van der Waals surface area contributed by atoms with Crippen molar-refractivity contribution in [2.75, 3.05) is 5.32 Å². The number of amides is 2. The molecule has 1 aliphatic rings. The van der Waals surface area contributed by atoms with Gasteiger partial charge in [-0.2, -0.15) is 5.10 Å². The second-order valence-electron chi connectivity index (χ2n) is 9.55. The number of aromatic nitrogens is 4. The van der Waals surface area contributed by atoms with E-state index in [4.69, 9.17) is 0 Å². The minimum absolute atomic E-state index is 0.00400. The molecule has 0 radical (unpaired) electrons. The largest absolute Gasteiger partial charge is 0.350 e. The van der Waals surface area contributed by atoms with Crippen LogP contribution in [0.5, 0.6) is 0 Å². The first-order chi connectivity index (χ1) is 17.9. The predicted octanol–water partition coefficient (Wildman–Crippen LogP) is 4.87. The van der Waals surface area contributed by atoms with Gasteiger partial charge in [0.05, 0.1) is 23.5 Å². The van der Waals surface area contributed by atoms with Gasteiger partial charge in [-0.25, -0.2) is 13.9 Å². The highest BCUT2D eigenvalue weighted by molar-refractivity contribution is 6.08. The van der Waals surface area contributed by atoms with Gasteiger partial charge in [0.1, 0.15) is 5.82 Å². The Hall–Kier alpha value is -4.53. The van der Waals surface area contributed by atoms with Crippen LogP contribution in [0.15, 0.2) is 67.0 Å². The van der Waals surface area contributed by atoms with Crippen molar-refractivity contribution >= 4 is 34.2 Å². The molecule has 0 bridgehead atoms.